The molecule has 1 fully saturated rings. The summed E-state index contributed by atoms with van der Waals surface area (Å²) in [5, 5.41) is 8.88. The average Bonchev–Trinajstić information content (AvgIpc) is 3.10. The van der Waals surface area contributed by atoms with Gasteiger partial charge in [-0.25, -0.2) is 8.78 Å². The molecule has 3 aliphatic heterocycles. The fourth-order valence-corrected chi connectivity index (χ4v) is 4.61. The summed E-state index contributed by atoms with van der Waals surface area (Å²) in [6.45, 7) is 2.92. The highest BCUT2D eigenvalue weighted by molar-refractivity contribution is 5.97. The lowest BCUT2D eigenvalue weighted by molar-refractivity contribution is -0.169. The van der Waals surface area contributed by atoms with E-state index in [2.05, 4.69) is 10.4 Å². The molecule has 1 N–H and O–H groups in total. The number of piperidine rings is 1. The van der Waals surface area contributed by atoms with Gasteiger partial charge in [-0.1, -0.05) is 12.1 Å². The van der Waals surface area contributed by atoms with E-state index in [9.17, 15) is 13.6 Å². The number of para-hydroxylation sites is 1. The quantitative estimate of drug-likeness (QED) is 0.780. The zero-order chi connectivity index (χ0) is 20.9. The number of hydrogen-bond donors (Lipinski definition) is 1. The molecule has 1 amide bonds. The Morgan fingerprint density at radius 3 is 2.67 bits per heavy atom. The lowest BCUT2D eigenvalue weighted by Crippen LogP contribution is -2.58. The van der Waals surface area contributed by atoms with E-state index in [1.54, 1.807) is 0 Å². The Balaban J connectivity index is 1.66. The molecular formula is C22H21F2N3O3. The second-order valence-electron chi connectivity index (χ2n) is 7.95. The molecule has 1 unspecified atom stereocenters. The van der Waals surface area contributed by atoms with Gasteiger partial charge in [0.25, 0.3) is 0 Å². The Morgan fingerprint density at radius 1 is 1.13 bits per heavy atom. The summed E-state index contributed by atoms with van der Waals surface area (Å²) < 4.78 is 41.0. The Labute approximate surface area is 172 Å². The minimum absolute atomic E-state index is 0.122. The lowest BCUT2D eigenvalue weighted by atomic mass is 9.78. The minimum atomic E-state index is -1.29. The van der Waals surface area contributed by atoms with Crippen LogP contribution in [0.25, 0.3) is 0 Å². The number of hydrazone groups is 1. The van der Waals surface area contributed by atoms with E-state index in [0.29, 0.717) is 17.7 Å². The number of fused-ring (bicyclic) bond motifs is 2. The first kappa shape index (κ1) is 19.0. The molecule has 1 saturated heterocycles. The first-order valence-electron chi connectivity index (χ1n) is 9.96. The maximum Gasteiger partial charge on any atom is 0.244 e. The molecule has 3 heterocycles. The summed E-state index contributed by atoms with van der Waals surface area (Å²) >= 11 is 0. The topological polar surface area (TPSA) is 63.2 Å². The molecule has 156 valence electrons. The number of hydrogen-bond acceptors (Lipinski definition) is 5. The maximum atomic E-state index is 14.5. The molecule has 30 heavy (non-hydrogen) atoms. The second kappa shape index (κ2) is 6.77. The van der Waals surface area contributed by atoms with Crippen LogP contribution in [0.4, 0.5) is 8.78 Å². The molecule has 0 radical (unpaired) electrons. The fourth-order valence-electron chi connectivity index (χ4n) is 4.61. The third-order valence-corrected chi connectivity index (χ3v) is 5.97. The largest absolute Gasteiger partial charge is 0.486 e. The van der Waals surface area contributed by atoms with Crippen LogP contribution in [0.2, 0.25) is 0 Å². The van der Waals surface area contributed by atoms with E-state index in [-0.39, 0.29) is 17.4 Å². The van der Waals surface area contributed by atoms with Crippen molar-refractivity contribution in [3.63, 3.8) is 0 Å². The van der Waals surface area contributed by atoms with Crippen LogP contribution in [0.5, 0.6) is 5.75 Å². The highest BCUT2D eigenvalue weighted by Crippen LogP contribution is 2.52. The normalized spacial score (nSPS) is 24.2. The van der Waals surface area contributed by atoms with Gasteiger partial charge in [0.2, 0.25) is 17.5 Å². The van der Waals surface area contributed by atoms with Crippen LogP contribution in [-0.2, 0) is 15.3 Å². The third kappa shape index (κ3) is 2.86. The van der Waals surface area contributed by atoms with E-state index in [0.717, 1.165) is 44.1 Å². The van der Waals surface area contributed by atoms with Crippen LogP contribution in [0.3, 0.4) is 0 Å². The zero-order valence-electron chi connectivity index (χ0n) is 16.5. The Bertz CT molecular complexity index is 1050. The minimum Gasteiger partial charge on any atom is -0.486 e. The number of nitrogens with one attached hydrogen (secondary N) is 1. The Kier molecular flexibility index (Phi) is 4.28. The molecule has 0 aliphatic carbocycles. The molecule has 0 bridgehead atoms. The molecule has 2 spiro atoms. The molecule has 8 heteroatoms. The number of rotatable bonds is 1. The van der Waals surface area contributed by atoms with E-state index in [1.807, 2.05) is 24.3 Å². The van der Waals surface area contributed by atoms with Crippen LogP contribution in [-0.4, -0.2) is 35.5 Å². The van der Waals surface area contributed by atoms with Gasteiger partial charge in [-0.15, -0.1) is 5.10 Å². The van der Waals surface area contributed by atoms with Gasteiger partial charge in [-0.05, 0) is 56.3 Å². The molecule has 5 rings (SSSR count). The molecule has 3 aliphatic rings. The van der Waals surface area contributed by atoms with Crippen molar-refractivity contribution >= 4 is 11.8 Å². The number of carbonyl (C=O) groups excluding carboxylic acids is 1. The second-order valence-corrected chi connectivity index (χ2v) is 7.95. The van der Waals surface area contributed by atoms with Crippen molar-refractivity contribution < 1.29 is 23.0 Å². The van der Waals surface area contributed by atoms with E-state index in [1.165, 1.54) is 11.9 Å². The van der Waals surface area contributed by atoms with Crippen LogP contribution in [0.15, 0.2) is 47.6 Å². The maximum absolute atomic E-state index is 14.5. The van der Waals surface area contributed by atoms with E-state index in [4.69, 9.17) is 9.47 Å². The van der Waals surface area contributed by atoms with Crippen LogP contribution in [0.1, 0.15) is 37.3 Å². The summed E-state index contributed by atoms with van der Waals surface area (Å²) in [7, 11) is 0. The van der Waals surface area contributed by atoms with Crippen LogP contribution < -0.4 is 10.1 Å². The summed E-state index contributed by atoms with van der Waals surface area (Å²) in [4.78, 5) is 12.6. The number of carbonyl (C=O) groups is 1. The molecule has 6 nitrogen and oxygen atoms in total. The average molecular weight is 413 g/mol. The van der Waals surface area contributed by atoms with Crippen molar-refractivity contribution in [3.05, 3.63) is 65.2 Å². The van der Waals surface area contributed by atoms with Gasteiger partial charge in [0.05, 0.1) is 17.5 Å². The van der Waals surface area contributed by atoms with Crippen molar-refractivity contribution in [3.8, 4) is 5.75 Å². The van der Waals surface area contributed by atoms with Crippen molar-refractivity contribution in [2.45, 2.75) is 37.5 Å². The van der Waals surface area contributed by atoms with Gasteiger partial charge >= 0.3 is 0 Å². The third-order valence-electron chi connectivity index (χ3n) is 5.97. The number of nitrogens with zero attached hydrogens (tertiary/aromatic N) is 2. The predicted octanol–water partition coefficient (Wildman–Crippen LogP) is 3.26. The fraction of sp³-hybridized carbons (Fsp3) is 0.364. The van der Waals surface area contributed by atoms with E-state index < -0.39 is 23.0 Å². The summed E-state index contributed by atoms with van der Waals surface area (Å²) in [5.41, 5.74) is -1.33. The SMILES string of the molecule is CC(=O)N1N=C(c2cc(F)ccc2F)OC12CC1(CCNCC1)Oc1ccccc12. The molecular weight excluding hydrogens is 392 g/mol. The highest BCUT2D eigenvalue weighted by atomic mass is 19.1. The standard InChI is InChI=1S/C22H21F2N3O3/c1-14(28)27-22(30-20(26-27)16-12-15(23)6-7-18(16)24)13-21(8-10-25-11-9-21)29-19-5-3-2-4-17(19)22/h2-7,12,25H,8-11,13H2,1H3. The lowest BCUT2D eigenvalue weighted by Gasteiger charge is -2.49. The van der Waals surface area contributed by atoms with Crippen molar-refractivity contribution in [1.29, 1.82) is 0 Å². The molecule has 2 aromatic rings. The Morgan fingerprint density at radius 2 is 1.90 bits per heavy atom. The smallest absolute Gasteiger partial charge is 0.244 e. The number of amides is 1. The number of halogens is 2. The number of ether oxygens (including phenoxy) is 2. The molecule has 2 aromatic carbocycles. The zero-order valence-corrected chi connectivity index (χ0v) is 16.5. The van der Waals surface area contributed by atoms with Crippen LogP contribution in [0, 0.1) is 11.6 Å². The molecule has 0 aromatic heterocycles. The van der Waals surface area contributed by atoms with Crippen LogP contribution >= 0.6 is 0 Å². The summed E-state index contributed by atoms with van der Waals surface area (Å²) in [6, 6.07) is 10.4. The highest BCUT2D eigenvalue weighted by Gasteiger charge is 2.59. The number of benzene rings is 2. The van der Waals surface area contributed by atoms with Gasteiger partial charge in [-0.2, -0.15) is 5.01 Å². The van der Waals surface area contributed by atoms with Crippen molar-refractivity contribution in [2.75, 3.05) is 13.1 Å². The van der Waals surface area contributed by atoms with E-state index >= 15 is 0 Å². The van der Waals surface area contributed by atoms with Crippen molar-refractivity contribution in [1.82, 2.24) is 10.3 Å². The van der Waals surface area contributed by atoms with Gasteiger partial charge in [0, 0.05) is 6.92 Å². The summed E-state index contributed by atoms with van der Waals surface area (Å²) in [6.07, 6.45) is 1.78. The molecule has 0 saturated carbocycles. The molecule has 1 atom stereocenters. The summed E-state index contributed by atoms with van der Waals surface area (Å²) in [5.74, 6) is -1.17. The Hall–Kier alpha value is -3.00. The van der Waals surface area contributed by atoms with Crippen molar-refractivity contribution in [2.24, 2.45) is 5.10 Å². The van der Waals surface area contributed by atoms with Gasteiger partial charge in [0.1, 0.15) is 23.0 Å². The van der Waals surface area contributed by atoms with Gasteiger partial charge in [-0.3, -0.25) is 4.79 Å². The first-order valence-corrected chi connectivity index (χ1v) is 9.96. The van der Waals surface area contributed by atoms with Gasteiger partial charge < -0.3 is 14.8 Å². The predicted molar refractivity (Wildman–Crippen MR) is 105 cm³/mol. The first-order chi connectivity index (χ1) is 14.4. The van der Waals surface area contributed by atoms with Gasteiger partial charge in [0.15, 0.2) is 0 Å². The monoisotopic (exact) mass is 413 g/mol.